The minimum atomic E-state index is -0.0476. The molecular formula is C9H18N2OS. The molecule has 13 heavy (non-hydrogen) atoms. The van der Waals surface area contributed by atoms with Crippen LogP contribution < -0.4 is 10.6 Å². The number of hydrogen-bond acceptors (Lipinski definition) is 2. The van der Waals surface area contributed by atoms with Crippen LogP contribution in [0.25, 0.3) is 0 Å². The Morgan fingerprint density at radius 2 is 2.31 bits per heavy atom. The quantitative estimate of drug-likeness (QED) is 0.729. The highest BCUT2D eigenvalue weighted by Crippen LogP contribution is 2.29. The summed E-state index contributed by atoms with van der Waals surface area (Å²) in [6.45, 7) is 2.17. The number of nitrogens with one attached hydrogen (secondary N) is 2. The molecule has 2 atom stereocenters. The van der Waals surface area contributed by atoms with Crippen molar-refractivity contribution in [2.45, 2.75) is 37.5 Å². The third kappa shape index (κ3) is 3.10. The average molecular weight is 202 g/mol. The van der Waals surface area contributed by atoms with Crippen LogP contribution in [0.15, 0.2) is 0 Å². The summed E-state index contributed by atoms with van der Waals surface area (Å²) < 4.78 is 0. The molecule has 1 fully saturated rings. The first-order chi connectivity index (χ1) is 6.27. The lowest BCUT2D eigenvalue weighted by Crippen LogP contribution is -2.43. The molecule has 2 N–H and O–H groups in total. The monoisotopic (exact) mass is 202 g/mol. The summed E-state index contributed by atoms with van der Waals surface area (Å²) in [5, 5.41) is 6.21. The van der Waals surface area contributed by atoms with Crippen LogP contribution >= 0.6 is 11.8 Å². The first-order valence-corrected chi connectivity index (χ1v) is 5.92. The fraction of sp³-hybridized carbons (Fsp3) is 0.889. The van der Waals surface area contributed by atoms with Gasteiger partial charge in [0.1, 0.15) is 0 Å². The van der Waals surface area contributed by atoms with Gasteiger partial charge in [0.2, 0.25) is 0 Å². The second kappa shape index (κ2) is 5.37. The average Bonchev–Trinajstić information content (AvgIpc) is 2.54. The van der Waals surface area contributed by atoms with Crippen molar-refractivity contribution in [3.63, 3.8) is 0 Å². The minimum Gasteiger partial charge on any atom is -0.341 e. The highest BCUT2D eigenvalue weighted by atomic mass is 32.2. The van der Waals surface area contributed by atoms with Crippen molar-refractivity contribution in [3.05, 3.63) is 0 Å². The molecule has 1 rings (SSSR count). The molecule has 0 aromatic heterocycles. The van der Waals surface area contributed by atoms with E-state index >= 15 is 0 Å². The second-order valence-corrected chi connectivity index (χ2v) is 4.77. The summed E-state index contributed by atoms with van der Waals surface area (Å²) in [4.78, 5) is 11.1. The van der Waals surface area contributed by atoms with E-state index in [1.54, 1.807) is 7.05 Å². The van der Waals surface area contributed by atoms with E-state index in [1.807, 2.05) is 11.8 Å². The molecule has 0 bridgehead atoms. The number of carbonyl (C=O) groups excluding carboxylic acids is 1. The summed E-state index contributed by atoms with van der Waals surface area (Å²) in [6.07, 6.45) is 3.62. The highest BCUT2D eigenvalue weighted by molar-refractivity contribution is 7.99. The molecule has 0 heterocycles. The molecule has 1 saturated carbocycles. The molecule has 2 amide bonds. The standard InChI is InChI=1S/C9H18N2OS/c1-3-13-8-6-4-5-7(8)11-9(12)10-2/h7-8H,3-6H2,1-2H3,(H2,10,11,12). The number of amides is 2. The van der Waals surface area contributed by atoms with Crippen LogP contribution in [-0.4, -0.2) is 30.1 Å². The van der Waals surface area contributed by atoms with Gasteiger partial charge < -0.3 is 10.6 Å². The Bertz CT molecular complexity index is 175. The lowest BCUT2D eigenvalue weighted by Gasteiger charge is -2.19. The second-order valence-electron chi connectivity index (χ2n) is 3.25. The van der Waals surface area contributed by atoms with Crippen molar-refractivity contribution in [2.75, 3.05) is 12.8 Å². The van der Waals surface area contributed by atoms with E-state index in [0.717, 1.165) is 12.2 Å². The molecule has 0 aliphatic heterocycles. The van der Waals surface area contributed by atoms with E-state index in [9.17, 15) is 4.79 Å². The lowest BCUT2D eigenvalue weighted by atomic mass is 10.2. The molecule has 0 aromatic carbocycles. The maximum absolute atomic E-state index is 11.1. The van der Waals surface area contributed by atoms with E-state index in [0.29, 0.717) is 11.3 Å². The Kier molecular flexibility index (Phi) is 4.42. The topological polar surface area (TPSA) is 41.1 Å². The maximum atomic E-state index is 11.1. The predicted octanol–water partition coefficient (Wildman–Crippen LogP) is 1.59. The third-order valence-electron chi connectivity index (χ3n) is 2.38. The largest absolute Gasteiger partial charge is 0.341 e. The number of urea groups is 1. The van der Waals surface area contributed by atoms with E-state index in [2.05, 4.69) is 17.6 Å². The van der Waals surface area contributed by atoms with E-state index in [4.69, 9.17) is 0 Å². The van der Waals surface area contributed by atoms with Crippen LogP contribution in [0.3, 0.4) is 0 Å². The molecule has 2 unspecified atom stereocenters. The van der Waals surface area contributed by atoms with Crippen molar-refractivity contribution in [3.8, 4) is 0 Å². The predicted molar refractivity (Wildman–Crippen MR) is 57.2 cm³/mol. The lowest BCUT2D eigenvalue weighted by molar-refractivity contribution is 0.239. The van der Waals surface area contributed by atoms with Gasteiger partial charge in [-0.25, -0.2) is 4.79 Å². The minimum absolute atomic E-state index is 0.0476. The Hall–Kier alpha value is -0.380. The molecular weight excluding hydrogens is 184 g/mol. The smallest absolute Gasteiger partial charge is 0.314 e. The Labute approximate surface area is 84.0 Å². The molecule has 0 saturated heterocycles. The van der Waals surface area contributed by atoms with Crippen LogP contribution in [0.2, 0.25) is 0 Å². The molecule has 1 aliphatic rings. The summed E-state index contributed by atoms with van der Waals surface area (Å²) in [7, 11) is 1.66. The summed E-state index contributed by atoms with van der Waals surface area (Å²) >= 11 is 1.96. The molecule has 0 radical (unpaired) electrons. The van der Waals surface area contributed by atoms with Crippen molar-refractivity contribution in [1.82, 2.24) is 10.6 Å². The van der Waals surface area contributed by atoms with Gasteiger partial charge in [0, 0.05) is 18.3 Å². The van der Waals surface area contributed by atoms with Crippen molar-refractivity contribution in [1.29, 1.82) is 0 Å². The van der Waals surface area contributed by atoms with Gasteiger partial charge in [-0.05, 0) is 18.6 Å². The van der Waals surface area contributed by atoms with Crippen LogP contribution in [0.5, 0.6) is 0 Å². The van der Waals surface area contributed by atoms with Gasteiger partial charge in [0.15, 0.2) is 0 Å². The Balaban J connectivity index is 2.34. The molecule has 4 heteroatoms. The van der Waals surface area contributed by atoms with Gasteiger partial charge >= 0.3 is 6.03 Å². The molecule has 76 valence electrons. The first kappa shape index (κ1) is 10.7. The van der Waals surface area contributed by atoms with Gasteiger partial charge in [0.25, 0.3) is 0 Å². The summed E-state index contributed by atoms with van der Waals surface area (Å²) in [6, 6.07) is 0.332. The number of hydrogen-bond donors (Lipinski definition) is 2. The fourth-order valence-electron chi connectivity index (χ4n) is 1.75. The normalized spacial score (nSPS) is 27.2. The van der Waals surface area contributed by atoms with E-state index in [-0.39, 0.29) is 6.03 Å². The molecule has 1 aliphatic carbocycles. The van der Waals surface area contributed by atoms with Crippen LogP contribution in [0.1, 0.15) is 26.2 Å². The first-order valence-electron chi connectivity index (χ1n) is 4.87. The van der Waals surface area contributed by atoms with Crippen LogP contribution in [0.4, 0.5) is 4.79 Å². The SMILES string of the molecule is CCSC1CCCC1NC(=O)NC. The van der Waals surface area contributed by atoms with E-state index in [1.165, 1.54) is 12.8 Å². The molecule has 3 nitrogen and oxygen atoms in total. The summed E-state index contributed by atoms with van der Waals surface area (Å²) in [5.41, 5.74) is 0. The van der Waals surface area contributed by atoms with Gasteiger partial charge in [-0.2, -0.15) is 11.8 Å². The Morgan fingerprint density at radius 3 is 2.92 bits per heavy atom. The van der Waals surface area contributed by atoms with Gasteiger partial charge in [-0.1, -0.05) is 13.3 Å². The van der Waals surface area contributed by atoms with Crippen molar-refractivity contribution in [2.24, 2.45) is 0 Å². The maximum Gasteiger partial charge on any atom is 0.314 e. The fourth-order valence-corrected chi connectivity index (χ4v) is 2.94. The number of rotatable bonds is 3. The van der Waals surface area contributed by atoms with Crippen molar-refractivity contribution >= 4 is 17.8 Å². The van der Waals surface area contributed by atoms with Crippen LogP contribution in [-0.2, 0) is 0 Å². The highest BCUT2D eigenvalue weighted by Gasteiger charge is 2.27. The van der Waals surface area contributed by atoms with E-state index < -0.39 is 0 Å². The van der Waals surface area contributed by atoms with Gasteiger partial charge in [0.05, 0.1) is 0 Å². The number of thioether (sulfide) groups is 1. The zero-order chi connectivity index (χ0) is 9.68. The molecule has 0 spiro atoms. The van der Waals surface area contributed by atoms with Crippen molar-refractivity contribution < 1.29 is 4.79 Å². The number of carbonyl (C=O) groups is 1. The van der Waals surface area contributed by atoms with Crippen LogP contribution in [0, 0.1) is 0 Å². The zero-order valence-electron chi connectivity index (χ0n) is 8.30. The Morgan fingerprint density at radius 1 is 1.54 bits per heavy atom. The van der Waals surface area contributed by atoms with Gasteiger partial charge in [-0.15, -0.1) is 0 Å². The third-order valence-corrected chi connectivity index (χ3v) is 3.70. The zero-order valence-corrected chi connectivity index (χ0v) is 9.12. The van der Waals surface area contributed by atoms with Gasteiger partial charge in [-0.3, -0.25) is 0 Å². The summed E-state index contributed by atoms with van der Waals surface area (Å²) in [5.74, 6) is 1.14. The molecule has 0 aromatic rings.